The van der Waals surface area contributed by atoms with Crippen LogP contribution in [0.15, 0.2) is 47.2 Å². The Kier molecular flexibility index (Phi) is 4.92. The third-order valence-corrected chi connectivity index (χ3v) is 4.06. The number of carbonyl (C=O) groups excluding carboxylic acids is 1. The number of anilines is 1. The molecule has 2 aromatic heterocycles. The summed E-state index contributed by atoms with van der Waals surface area (Å²) < 4.78 is 5.31. The van der Waals surface area contributed by atoms with Crippen molar-refractivity contribution in [3.8, 4) is 0 Å². The third kappa shape index (κ3) is 4.10. The minimum atomic E-state index is -0.104. The van der Waals surface area contributed by atoms with Crippen molar-refractivity contribution in [3.63, 3.8) is 0 Å². The summed E-state index contributed by atoms with van der Waals surface area (Å²) in [6.07, 6.45) is 3.43. The molecule has 0 bridgehead atoms. The zero-order chi connectivity index (χ0) is 16.1. The third-order valence-electron chi connectivity index (χ3n) is 4.06. The van der Waals surface area contributed by atoms with Crippen LogP contribution in [0.1, 0.15) is 18.7 Å². The lowest BCUT2D eigenvalue weighted by Gasteiger charge is -2.35. The van der Waals surface area contributed by atoms with E-state index in [1.165, 1.54) is 0 Å². The molecule has 3 heterocycles. The van der Waals surface area contributed by atoms with Gasteiger partial charge in [0.1, 0.15) is 11.6 Å². The molecule has 6 heteroatoms. The van der Waals surface area contributed by atoms with Gasteiger partial charge in [-0.05, 0) is 31.2 Å². The molecule has 0 aromatic carbocycles. The van der Waals surface area contributed by atoms with Crippen molar-refractivity contribution >= 4 is 11.7 Å². The number of nitrogens with zero attached hydrogens (tertiary/aromatic N) is 3. The molecule has 2 aromatic rings. The quantitative estimate of drug-likeness (QED) is 0.910. The second-order valence-corrected chi connectivity index (χ2v) is 5.76. The van der Waals surface area contributed by atoms with Crippen molar-refractivity contribution < 1.29 is 9.21 Å². The second-order valence-electron chi connectivity index (χ2n) is 5.76. The Balaban J connectivity index is 1.44. The first-order valence-electron chi connectivity index (χ1n) is 7.93. The number of rotatable bonds is 5. The summed E-state index contributed by atoms with van der Waals surface area (Å²) in [5.74, 6) is 1.81. The van der Waals surface area contributed by atoms with Gasteiger partial charge in [-0.3, -0.25) is 9.69 Å². The van der Waals surface area contributed by atoms with Gasteiger partial charge in [-0.15, -0.1) is 0 Å². The topological polar surface area (TPSA) is 61.6 Å². The Bertz CT molecular complexity index is 607. The summed E-state index contributed by atoms with van der Waals surface area (Å²) in [6.45, 7) is 5.84. The molecule has 1 N–H and O–H groups in total. The van der Waals surface area contributed by atoms with E-state index in [1.807, 2.05) is 43.5 Å². The molecule has 23 heavy (non-hydrogen) atoms. The highest BCUT2D eigenvalue weighted by molar-refractivity contribution is 5.78. The predicted molar refractivity (Wildman–Crippen MR) is 88.2 cm³/mol. The summed E-state index contributed by atoms with van der Waals surface area (Å²) in [7, 11) is 0. The van der Waals surface area contributed by atoms with E-state index in [0.717, 1.165) is 37.8 Å². The van der Waals surface area contributed by atoms with E-state index in [1.54, 1.807) is 6.26 Å². The Morgan fingerprint density at radius 3 is 2.74 bits per heavy atom. The molecule has 0 unspecified atom stereocenters. The van der Waals surface area contributed by atoms with Gasteiger partial charge in [0.15, 0.2) is 0 Å². The van der Waals surface area contributed by atoms with Gasteiger partial charge in [0.2, 0.25) is 5.91 Å². The first-order valence-corrected chi connectivity index (χ1v) is 7.93. The lowest BCUT2D eigenvalue weighted by Crippen LogP contribution is -2.49. The lowest BCUT2D eigenvalue weighted by atomic mass is 10.2. The van der Waals surface area contributed by atoms with Crippen molar-refractivity contribution in [3.05, 3.63) is 48.6 Å². The van der Waals surface area contributed by atoms with Gasteiger partial charge in [-0.1, -0.05) is 6.07 Å². The van der Waals surface area contributed by atoms with E-state index >= 15 is 0 Å². The van der Waals surface area contributed by atoms with Crippen molar-refractivity contribution in [1.29, 1.82) is 0 Å². The van der Waals surface area contributed by atoms with E-state index in [-0.39, 0.29) is 11.9 Å². The van der Waals surface area contributed by atoms with Crippen LogP contribution in [-0.4, -0.2) is 48.5 Å². The number of nitrogens with one attached hydrogen (secondary N) is 1. The Labute approximate surface area is 136 Å². The minimum absolute atomic E-state index is 0.0280. The van der Waals surface area contributed by atoms with Crippen molar-refractivity contribution in [2.45, 2.75) is 13.0 Å². The fraction of sp³-hybridized carbons (Fsp3) is 0.412. The number of pyridine rings is 1. The van der Waals surface area contributed by atoms with Crippen molar-refractivity contribution in [1.82, 2.24) is 15.2 Å². The largest absolute Gasteiger partial charge is 0.467 e. The zero-order valence-electron chi connectivity index (χ0n) is 13.3. The molecule has 1 atom stereocenters. The molecule has 1 amide bonds. The first-order chi connectivity index (χ1) is 11.2. The zero-order valence-corrected chi connectivity index (χ0v) is 13.3. The summed E-state index contributed by atoms with van der Waals surface area (Å²) in [4.78, 5) is 20.9. The minimum Gasteiger partial charge on any atom is -0.467 e. The molecule has 1 saturated heterocycles. The number of hydrogen-bond donors (Lipinski definition) is 1. The SMILES string of the molecule is C[C@@H](NC(=O)CN1CCN(c2ccccn2)CC1)c1ccco1. The summed E-state index contributed by atoms with van der Waals surface area (Å²) >= 11 is 0. The van der Waals surface area contributed by atoms with E-state index < -0.39 is 0 Å². The smallest absolute Gasteiger partial charge is 0.234 e. The Hall–Kier alpha value is -2.34. The molecule has 0 spiro atoms. The van der Waals surface area contributed by atoms with Crippen LogP contribution in [0, 0.1) is 0 Å². The molecule has 0 aliphatic carbocycles. The fourth-order valence-electron chi connectivity index (χ4n) is 2.77. The van der Waals surface area contributed by atoms with E-state index in [2.05, 4.69) is 20.1 Å². The van der Waals surface area contributed by atoms with E-state index in [0.29, 0.717) is 6.54 Å². The standard InChI is InChI=1S/C17H22N4O2/c1-14(15-5-4-12-23-15)19-17(22)13-20-8-10-21(11-9-20)16-6-2-3-7-18-16/h2-7,12,14H,8-11,13H2,1H3,(H,19,22)/t14-/m1/s1. The number of aromatic nitrogens is 1. The number of amides is 1. The lowest BCUT2D eigenvalue weighted by molar-refractivity contribution is -0.123. The molecule has 1 aliphatic rings. The number of carbonyl (C=O) groups is 1. The normalized spacial score (nSPS) is 17.0. The van der Waals surface area contributed by atoms with Crippen LogP contribution in [0.3, 0.4) is 0 Å². The molecule has 0 radical (unpaired) electrons. The molecule has 1 aliphatic heterocycles. The van der Waals surface area contributed by atoms with E-state index in [4.69, 9.17) is 4.42 Å². The molecule has 0 saturated carbocycles. The Morgan fingerprint density at radius 2 is 2.09 bits per heavy atom. The molecule has 1 fully saturated rings. The number of furan rings is 1. The van der Waals surface area contributed by atoms with Gasteiger partial charge in [0.05, 0.1) is 18.8 Å². The van der Waals surface area contributed by atoms with Crippen LogP contribution in [-0.2, 0) is 4.79 Å². The second kappa shape index (κ2) is 7.28. The number of piperazine rings is 1. The molecule has 6 nitrogen and oxygen atoms in total. The molecule has 122 valence electrons. The number of hydrogen-bond acceptors (Lipinski definition) is 5. The van der Waals surface area contributed by atoms with Crippen LogP contribution in [0.2, 0.25) is 0 Å². The van der Waals surface area contributed by atoms with Crippen molar-refractivity contribution in [2.24, 2.45) is 0 Å². The van der Waals surface area contributed by atoms with Gasteiger partial charge in [-0.25, -0.2) is 4.98 Å². The highest BCUT2D eigenvalue weighted by Gasteiger charge is 2.20. The summed E-state index contributed by atoms with van der Waals surface area (Å²) in [5, 5.41) is 2.97. The highest BCUT2D eigenvalue weighted by Crippen LogP contribution is 2.14. The summed E-state index contributed by atoms with van der Waals surface area (Å²) in [5.41, 5.74) is 0. The van der Waals surface area contributed by atoms with Crippen LogP contribution < -0.4 is 10.2 Å². The summed E-state index contributed by atoms with van der Waals surface area (Å²) in [6, 6.07) is 9.54. The van der Waals surface area contributed by atoms with Gasteiger partial charge in [0.25, 0.3) is 0 Å². The monoisotopic (exact) mass is 314 g/mol. The molecule has 3 rings (SSSR count). The van der Waals surface area contributed by atoms with Crippen LogP contribution >= 0.6 is 0 Å². The van der Waals surface area contributed by atoms with Gasteiger partial charge in [0, 0.05) is 32.4 Å². The van der Waals surface area contributed by atoms with Crippen LogP contribution in [0.4, 0.5) is 5.82 Å². The van der Waals surface area contributed by atoms with E-state index in [9.17, 15) is 4.79 Å². The van der Waals surface area contributed by atoms with Gasteiger partial charge >= 0.3 is 0 Å². The Morgan fingerprint density at radius 1 is 1.26 bits per heavy atom. The maximum absolute atomic E-state index is 12.1. The van der Waals surface area contributed by atoms with Crippen LogP contribution in [0.5, 0.6) is 0 Å². The predicted octanol–water partition coefficient (Wildman–Crippen LogP) is 1.67. The average molecular weight is 314 g/mol. The first kappa shape index (κ1) is 15.6. The average Bonchev–Trinajstić information content (AvgIpc) is 3.11. The van der Waals surface area contributed by atoms with Crippen LogP contribution in [0.25, 0.3) is 0 Å². The van der Waals surface area contributed by atoms with Gasteiger partial charge < -0.3 is 14.6 Å². The molecular weight excluding hydrogens is 292 g/mol. The fourth-order valence-corrected chi connectivity index (χ4v) is 2.77. The maximum Gasteiger partial charge on any atom is 0.234 e. The van der Waals surface area contributed by atoms with Gasteiger partial charge in [-0.2, -0.15) is 0 Å². The highest BCUT2D eigenvalue weighted by atomic mass is 16.3. The maximum atomic E-state index is 12.1. The van der Waals surface area contributed by atoms with Crippen molar-refractivity contribution in [2.75, 3.05) is 37.6 Å². The molecular formula is C17H22N4O2.